The number of hydrogen-bond donors (Lipinski definition) is 2. The lowest BCUT2D eigenvalue weighted by Gasteiger charge is -2.18. The largest absolute Gasteiger partial charge is 0.359 e. The second-order valence-corrected chi connectivity index (χ2v) is 6.84. The second-order valence-electron chi connectivity index (χ2n) is 5.12. The van der Waals surface area contributed by atoms with Gasteiger partial charge in [-0.05, 0) is 31.3 Å². The summed E-state index contributed by atoms with van der Waals surface area (Å²) in [4.78, 5) is 13.7. The van der Waals surface area contributed by atoms with E-state index in [4.69, 9.17) is 0 Å². The molecule has 8 heteroatoms. The Kier molecular flexibility index (Phi) is 4.60. The number of benzene rings is 1. The minimum atomic E-state index is -3.78. The number of nitrogens with zero attached hydrogens (tertiary/aromatic N) is 1. The van der Waals surface area contributed by atoms with Crippen molar-refractivity contribution in [3.63, 3.8) is 0 Å². The van der Waals surface area contributed by atoms with Gasteiger partial charge in [0, 0.05) is 26.2 Å². The van der Waals surface area contributed by atoms with Crippen molar-refractivity contribution >= 4 is 15.9 Å². The van der Waals surface area contributed by atoms with Gasteiger partial charge in [0.25, 0.3) is 0 Å². The highest BCUT2D eigenvalue weighted by Crippen LogP contribution is 2.19. The molecule has 2 atom stereocenters. The fourth-order valence-corrected chi connectivity index (χ4v) is 3.72. The first kappa shape index (κ1) is 15.9. The van der Waals surface area contributed by atoms with Crippen molar-refractivity contribution in [2.24, 2.45) is 5.92 Å². The van der Waals surface area contributed by atoms with E-state index in [2.05, 4.69) is 10.0 Å². The van der Waals surface area contributed by atoms with Crippen LogP contribution in [0.15, 0.2) is 29.2 Å². The maximum atomic E-state index is 12.9. The molecular formula is C13H18FN3O3S. The molecule has 116 valence electrons. The van der Waals surface area contributed by atoms with Crippen molar-refractivity contribution in [1.29, 1.82) is 0 Å². The Bertz CT molecular complexity index is 618. The zero-order chi connectivity index (χ0) is 15.6. The zero-order valence-electron chi connectivity index (χ0n) is 11.8. The summed E-state index contributed by atoms with van der Waals surface area (Å²) in [7, 11) is -0.440. The predicted octanol–water partition coefficient (Wildman–Crippen LogP) is -0.220. The molecule has 21 heavy (non-hydrogen) atoms. The monoisotopic (exact) mass is 315 g/mol. The lowest BCUT2D eigenvalue weighted by Crippen LogP contribution is -2.45. The molecule has 6 nitrogen and oxygen atoms in total. The summed E-state index contributed by atoms with van der Waals surface area (Å²) in [6.07, 6.45) is 0. The molecule has 0 aliphatic carbocycles. The average Bonchev–Trinajstić information content (AvgIpc) is 2.78. The molecule has 1 heterocycles. The first-order chi connectivity index (χ1) is 9.83. The number of amides is 1. The molecule has 1 aliphatic rings. The molecule has 0 aromatic heterocycles. The highest BCUT2D eigenvalue weighted by Gasteiger charge is 2.38. The molecule has 2 N–H and O–H groups in total. The minimum absolute atomic E-state index is 0.0193. The van der Waals surface area contributed by atoms with Crippen molar-refractivity contribution in [2.75, 3.05) is 27.2 Å². The van der Waals surface area contributed by atoms with Crippen molar-refractivity contribution < 1.29 is 17.6 Å². The summed E-state index contributed by atoms with van der Waals surface area (Å²) in [5.41, 5.74) is 0. The van der Waals surface area contributed by atoms with Crippen LogP contribution in [0.5, 0.6) is 0 Å². The van der Waals surface area contributed by atoms with E-state index in [1.807, 2.05) is 11.9 Å². The Labute approximate surface area is 123 Å². The van der Waals surface area contributed by atoms with Crippen molar-refractivity contribution in [2.45, 2.75) is 10.9 Å². The number of sulfonamides is 1. The number of likely N-dealkylation sites (N-methyl/N-ethyl adjacent to an activating group) is 1. The van der Waals surface area contributed by atoms with Crippen LogP contribution in [0.3, 0.4) is 0 Å². The normalized spacial score (nSPS) is 23.2. The lowest BCUT2D eigenvalue weighted by atomic mass is 10.0. The van der Waals surface area contributed by atoms with Gasteiger partial charge in [-0.2, -0.15) is 0 Å². The zero-order valence-corrected chi connectivity index (χ0v) is 12.7. The van der Waals surface area contributed by atoms with Gasteiger partial charge in [0.05, 0.1) is 10.8 Å². The van der Waals surface area contributed by atoms with Crippen LogP contribution >= 0.6 is 0 Å². The molecule has 1 aromatic rings. The van der Waals surface area contributed by atoms with E-state index < -0.39 is 27.8 Å². The van der Waals surface area contributed by atoms with E-state index >= 15 is 0 Å². The summed E-state index contributed by atoms with van der Waals surface area (Å²) in [5, 5.41) is 2.54. The standard InChI is InChI=1S/C13H18FN3O3S/c1-15-13(18)11-7-17(2)8-12(11)16-21(19,20)10-5-3-9(14)4-6-10/h3-6,11-12,16H,7-8H2,1-2H3,(H,15,18)/t11-,12-/m0/s1. The number of nitrogens with one attached hydrogen (secondary N) is 2. The van der Waals surface area contributed by atoms with E-state index in [1.54, 1.807) is 0 Å². The Hall–Kier alpha value is -1.51. The fourth-order valence-electron chi connectivity index (χ4n) is 2.45. The third-order valence-electron chi connectivity index (χ3n) is 3.52. The quantitative estimate of drug-likeness (QED) is 0.805. The molecular weight excluding hydrogens is 297 g/mol. The van der Waals surface area contributed by atoms with Gasteiger partial charge in [-0.15, -0.1) is 0 Å². The third-order valence-corrected chi connectivity index (χ3v) is 5.02. The van der Waals surface area contributed by atoms with Crippen LogP contribution in [0.4, 0.5) is 4.39 Å². The van der Waals surface area contributed by atoms with Crippen LogP contribution in [-0.4, -0.2) is 52.5 Å². The first-order valence-electron chi connectivity index (χ1n) is 6.51. The number of carbonyl (C=O) groups excluding carboxylic acids is 1. The molecule has 0 spiro atoms. The molecule has 1 amide bonds. The van der Waals surface area contributed by atoms with Crippen molar-refractivity contribution in [3.8, 4) is 0 Å². The highest BCUT2D eigenvalue weighted by molar-refractivity contribution is 7.89. The number of carbonyl (C=O) groups is 1. The molecule has 1 saturated heterocycles. The van der Waals surface area contributed by atoms with Gasteiger partial charge in [-0.25, -0.2) is 17.5 Å². The molecule has 2 rings (SSSR count). The molecule has 0 radical (unpaired) electrons. The van der Waals surface area contributed by atoms with Crippen molar-refractivity contribution in [3.05, 3.63) is 30.1 Å². The maximum Gasteiger partial charge on any atom is 0.240 e. The minimum Gasteiger partial charge on any atom is -0.359 e. The van der Waals surface area contributed by atoms with Crippen molar-refractivity contribution in [1.82, 2.24) is 14.9 Å². The van der Waals surface area contributed by atoms with Crippen LogP contribution in [0.25, 0.3) is 0 Å². The lowest BCUT2D eigenvalue weighted by molar-refractivity contribution is -0.124. The SMILES string of the molecule is CNC(=O)[C@H]1CN(C)C[C@@H]1NS(=O)(=O)c1ccc(F)cc1. The summed E-state index contributed by atoms with van der Waals surface area (Å²) in [6.45, 7) is 0.925. The average molecular weight is 315 g/mol. The van der Waals surface area contributed by atoms with Gasteiger partial charge in [0.15, 0.2) is 0 Å². The van der Waals surface area contributed by atoms with E-state index in [0.717, 1.165) is 12.1 Å². The number of rotatable bonds is 4. The van der Waals surface area contributed by atoms with Gasteiger partial charge in [0.1, 0.15) is 5.82 Å². The smallest absolute Gasteiger partial charge is 0.240 e. The summed E-state index contributed by atoms with van der Waals surface area (Å²) < 4.78 is 40.0. The van der Waals surface area contributed by atoms with E-state index in [-0.39, 0.29) is 10.8 Å². The Morgan fingerprint density at radius 2 is 1.90 bits per heavy atom. The highest BCUT2D eigenvalue weighted by atomic mass is 32.2. The van der Waals surface area contributed by atoms with E-state index in [9.17, 15) is 17.6 Å². The van der Waals surface area contributed by atoms with Crippen LogP contribution in [-0.2, 0) is 14.8 Å². The summed E-state index contributed by atoms with van der Waals surface area (Å²) in [5.74, 6) is -1.15. The van der Waals surface area contributed by atoms with Crippen LogP contribution in [0.2, 0.25) is 0 Å². The molecule has 1 aliphatic heterocycles. The fraction of sp³-hybridized carbons (Fsp3) is 0.462. The Morgan fingerprint density at radius 1 is 1.29 bits per heavy atom. The van der Waals surface area contributed by atoms with E-state index in [0.29, 0.717) is 13.1 Å². The summed E-state index contributed by atoms with van der Waals surface area (Å²) >= 11 is 0. The second kappa shape index (κ2) is 6.08. The van der Waals surface area contributed by atoms with Crippen LogP contribution < -0.4 is 10.0 Å². The summed E-state index contributed by atoms with van der Waals surface area (Å²) in [6, 6.07) is 4.07. The predicted molar refractivity (Wildman–Crippen MR) is 75.6 cm³/mol. The molecule has 1 aromatic carbocycles. The van der Waals surface area contributed by atoms with Gasteiger partial charge >= 0.3 is 0 Å². The van der Waals surface area contributed by atoms with Crippen LogP contribution in [0, 0.1) is 11.7 Å². The number of hydrogen-bond acceptors (Lipinski definition) is 4. The Morgan fingerprint density at radius 3 is 2.48 bits per heavy atom. The van der Waals surface area contributed by atoms with Gasteiger partial charge in [0.2, 0.25) is 15.9 Å². The van der Waals surface area contributed by atoms with Gasteiger partial charge in [-0.1, -0.05) is 0 Å². The third kappa shape index (κ3) is 3.58. The molecule has 0 bridgehead atoms. The van der Waals surface area contributed by atoms with E-state index in [1.165, 1.54) is 19.2 Å². The molecule has 1 fully saturated rings. The van der Waals surface area contributed by atoms with Gasteiger partial charge in [-0.3, -0.25) is 4.79 Å². The molecule has 0 saturated carbocycles. The number of likely N-dealkylation sites (tertiary alicyclic amines) is 1. The van der Waals surface area contributed by atoms with Crippen LogP contribution in [0.1, 0.15) is 0 Å². The topological polar surface area (TPSA) is 78.5 Å². The Balaban J connectivity index is 2.19. The maximum absolute atomic E-state index is 12.9. The molecule has 0 unspecified atom stereocenters. The first-order valence-corrected chi connectivity index (χ1v) is 8.00. The number of halogens is 1. The van der Waals surface area contributed by atoms with Gasteiger partial charge < -0.3 is 10.2 Å².